The van der Waals surface area contributed by atoms with Crippen LogP contribution in [0.2, 0.25) is 0 Å². The van der Waals surface area contributed by atoms with Gasteiger partial charge in [0.15, 0.2) is 0 Å². The highest BCUT2D eigenvalue weighted by Crippen LogP contribution is 2.67. The van der Waals surface area contributed by atoms with E-state index in [1.165, 1.54) is 0 Å². The van der Waals surface area contributed by atoms with Crippen molar-refractivity contribution in [2.75, 3.05) is 26.7 Å². The minimum absolute atomic E-state index is 0.000213. The molecular formula is C29H39N3O4S. The van der Waals surface area contributed by atoms with Gasteiger partial charge in [-0.1, -0.05) is 56.3 Å². The summed E-state index contributed by atoms with van der Waals surface area (Å²) in [5.41, 5.74) is 0.993. The molecule has 4 rings (SSSR count). The number of benzene rings is 1. The van der Waals surface area contributed by atoms with E-state index in [1.54, 1.807) is 45.7 Å². The van der Waals surface area contributed by atoms with Crippen molar-refractivity contribution < 1.29 is 19.5 Å². The Kier molecular flexibility index (Phi) is 8.19. The van der Waals surface area contributed by atoms with E-state index in [4.69, 9.17) is 0 Å². The summed E-state index contributed by atoms with van der Waals surface area (Å²) in [7, 11) is 1.74. The van der Waals surface area contributed by atoms with E-state index >= 15 is 0 Å². The lowest BCUT2D eigenvalue weighted by Crippen LogP contribution is -2.58. The fourth-order valence-corrected chi connectivity index (χ4v) is 8.73. The molecule has 37 heavy (non-hydrogen) atoms. The van der Waals surface area contributed by atoms with Crippen molar-refractivity contribution >= 4 is 29.5 Å². The van der Waals surface area contributed by atoms with Gasteiger partial charge in [-0.3, -0.25) is 14.4 Å². The van der Waals surface area contributed by atoms with E-state index in [2.05, 4.69) is 13.2 Å². The summed E-state index contributed by atoms with van der Waals surface area (Å²) < 4.78 is -0.688. The molecule has 8 heteroatoms. The molecule has 3 amide bonds. The molecule has 1 spiro atoms. The first kappa shape index (κ1) is 27.5. The van der Waals surface area contributed by atoms with Gasteiger partial charge in [0.05, 0.1) is 29.2 Å². The van der Waals surface area contributed by atoms with Gasteiger partial charge >= 0.3 is 0 Å². The molecule has 0 radical (unpaired) electrons. The minimum atomic E-state index is -0.745. The van der Waals surface area contributed by atoms with Crippen LogP contribution in [0.25, 0.3) is 0 Å². The third-order valence-corrected chi connectivity index (χ3v) is 10.2. The third kappa shape index (κ3) is 4.63. The second-order valence-corrected chi connectivity index (χ2v) is 12.4. The van der Waals surface area contributed by atoms with Crippen molar-refractivity contribution in [1.82, 2.24) is 14.7 Å². The maximum atomic E-state index is 14.5. The third-order valence-electron chi connectivity index (χ3n) is 8.23. The van der Waals surface area contributed by atoms with E-state index in [0.29, 0.717) is 26.1 Å². The average molecular weight is 526 g/mol. The Morgan fingerprint density at radius 2 is 1.86 bits per heavy atom. The summed E-state index contributed by atoms with van der Waals surface area (Å²) >= 11 is 1.66. The van der Waals surface area contributed by atoms with Crippen molar-refractivity contribution in [2.24, 2.45) is 17.8 Å². The monoisotopic (exact) mass is 525 g/mol. The topological polar surface area (TPSA) is 81.2 Å². The SMILES string of the molecule is C=CCN(C)C(=O)[C@@H]1[C@@H]2CCC3(S2)C(C(=O)N(CC=C)Cc2ccccc2)N([C@@H](CO)C(C)C)C(=O)[C@H]13. The van der Waals surface area contributed by atoms with Gasteiger partial charge in [-0.25, -0.2) is 0 Å². The molecular weight excluding hydrogens is 486 g/mol. The van der Waals surface area contributed by atoms with E-state index < -0.39 is 28.7 Å². The lowest BCUT2D eigenvalue weighted by molar-refractivity contribution is -0.147. The lowest BCUT2D eigenvalue weighted by Gasteiger charge is -2.40. The largest absolute Gasteiger partial charge is 0.394 e. The number of nitrogens with zero attached hydrogens (tertiary/aromatic N) is 3. The first-order valence-electron chi connectivity index (χ1n) is 13.1. The van der Waals surface area contributed by atoms with E-state index in [9.17, 15) is 19.5 Å². The van der Waals surface area contributed by atoms with Crippen LogP contribution < -0.4 is 0 Å². The van der Waals surface area contributed by atoms with Crippen LogP contribution in [0.15, 0.2) is 55.6 Å². The maximum absolute atomic E-state index is 14.5. The molecule has 200 valence electrons. The van der Waals surface area contributed by atoms with E-state index in [0.717, 1.165) is 12.0 Å². The summed E-state index contributed by atoms with van der Waals surface area (Å²) in [6, 6.07) is 8.52. The molecule has 0 saturated carbocycles. The Balaban J connectivity index is 1.77. The fraction of sp³-hybridized carbons (Fsp3) is 0.552. The summed E-state index contributed by atoms with van der Waals surface area (Å²) in [6.07, 6.45) is 4.87. The number of amides is 3. The second kappa shape index (κ2) is 11.0. The number of aliphatic hydroxyl groups is 1. The van der Waals surface area contributed by atoms with Crippen molar-refractivity contribution in [1.29, 1.82) is 0 Å². The number of carbonyl (C=O) groups is 3. The predicted molar refractivity (Wildman–Crippen MR) is 147 cm³/mol. The Bertz CT molecular complexity index is 1050. The number of rotatable bonds is 11. The molecule has 1 aromatic rings. The normalized spacial score (nSPS) is 28.8. The molecule has 2 bridgehead atoms. The van der Waals surface area contributed by atoms with Crippen LogP contribution in [0.4, 0.5) is 0 Å². The molecule has 0 aliphatic carbocycles. The molecule has 3 aliphatic rings. The van der Waals surface area contributed by atoms with Crippen LogP contribution in [0, 0.1) is 17.8 Å². The number of hydrogen-bond acceptors (Lipinski definition) is 5. The number of aliphatic hydroxyl groups excluding tert-OH is 1. The van der Waals surface area contributed by atoms with Crippen molar-refractivity contribution in [2.45, 2.75) is 55.3 Å². The summed E-state index contributed by atoms with van der Waals surface area (Å²) in [5, 5.41) is 10.4. The number of likely N-dealkylation sites (N-methyl/N-ethyl adjacent to an activating group) is 1. The maximum Gasteiger partial charge on any atom is 0.247 e. The molecule has 1 N–H and O–H groups in total. The molecule has 1 aromatic carbocycles. The highest BCUT2D eigenvalue weighted by molar-refractivity contribution is 8.02. The van der Waals surface area contributed by atoms with Crippen LogP contribution in [0.5, 0.6) is 0 Å². The van der Waals surface area contributed by atoms with Gasteiger partial charge in [0.2, 0.25) is 17.7 Å². The highest BCUT2D eigenvalue weighted by Gasteiger charge is 2.74. The summed E-state index contributed by atoms with van der Waals surface area (Å²) in [5.74, 6) is -1.50. The molecule has 0 aromatic heterocycles. The standard InChI is InChI=1S/C29H39N3O4S/c1-6-15-30(5)26(34)23-22-13-14-29(37-22)24(23)27(35)32(21(18-33)19(3)4)25(29)28(36)31(16-7-2)17-20-11-9-8-10-12-20/h6-12,19,21-25,33H,1-2,13-18H2,3-5H3/t21-,22-,23+,24-,25?,29?/m0/s1. The average Bonchev–Trinajstić information content (AvgIpc) is 3.52. The molecule has 7 nitrogen and oxygen atoms in total. The zero-order valence-corrected chi connectivity index (χ0v) is 22.9. The summed E-state index contributed by atoms with van der Waals surface area (Å²) in [6.45, 7) is 12.4. The van der Waals surface area contributed by atoms with Gasteiger partial charge in [-0.05, 0) is 24.3 Å². The quantitative estimate of drug-likeness (QED) is 0.450. The van der Waals surface area contributed by atoms with Crippen molar-refractivity contribution in [3.8, 4) is 0 Å². The first-order chi connectivity index (χ1) is 17.7. The predicted octanol–water partition coefficient (Wildman–Crippen LogP) is 2.95. The zero-order chi connectivity index (χ0) is 26.9. The van der Waals surface area contributed by atoms with Gasteiger partial charge in [0.1, 0.15) is 6.04 Å². The van der Waals surface area contributed by atoms with E-state index in [1.807, 2.05) is 44.2 Å². The molecule has 6 atom stereocenters. The number of fused-ring (bicyclic) bond motifs is 1. The Morgan fingerprint density at radius 1 is 1.19 bits per heavy atom. The smallest absolute Gasteiger partial charge is 0.247 e. The number of carbonyl (C=O) groups excluding carboxylic acids is 3. The Labute approximate surface area is 224 Å². The zero-order valence-electron chi connectivity index (χ0n) is 22.1. The van der Waals surface area contributed by atoms with Gasteiger partial charge in [-0.2, -0.15) is 0 Å². The van der Waals surface area contributed by atoms with E-state index in [-0.39, 0.29) is 35.5 Å². The molecule has 3 heterocycles. The number of hydrogen-bond donors (Lipinski definition) is 1. The van der Waals surface area contributed by atoms with Gasteiger partial charge in [0, 0.05) is 31.9 Å². The minimum Gasteiger partial charge on any atom is -0.394 e. The summed E-state index contributed by atoms with van der Waals surface area (Å²) in [4.78, 5) is 47.3. The van der Waals surface area contributed by atoms with Crippen molar-refractivity contribution in [3.63, 3.8) is 0 Å². The molecule has 3 aliphatic heterocycles. The number of thioether (sulfide) groups is 1. The fourth-order valence-electron chi connectivity index (χ4n) is 6.53. The Hall–Kier alpha value is -2.58. The van der Waals surface area contributed by atoms with Gasteiger partial charge in [-0.15, -0.1) is 24.9 Å². The van der Waals surface area contributed by atoms with Crippen LogP contribution >= 0.6 is 11.8 Å². The second-order valence-electron chi connectivity index (χ2n) is 10.8. The van der Waals surface area contributed by atoms with Crippen LogP contribution in [-0.4, -0.2) is 86.4 Å². The molecule has 3 saturated heterocycles. The van der Waals surface area contributed by atoms with Gasteiger partial charge < -0.3 is 19.8 Å². The molecule has 2 unspecified atom stereocenters. The van der Waals surface area contributed by atoms with Crippen LogP contribution in [0.3, 0.4) is 0 Å². The lowest BCUT2D eigenvalue weighted by atomic mass is 9.70. The molecule has 3 fully saturated rings. The van der Waals surface area contributed by atoms with Crippen LogP contribution in [0.1, 0.15) is 32.3 Å². The van der Waals surface area contributed by atoms with Crippen molar-refractivity contribution in [3.05, 3.63) is 61.2 Å². The highest BCUT2D eigenvalue weighted by atomic mass is 32.2. The van der Waals surface area contributed by atoms with Gasteiger partial charge in [0.25, 0.3) is 0 Å². The Morgan fingerprint density at radius 3 is 2.46 bits per heavy atom. The number of likely N-dealkylation sites (tertiary alicyclic amines) is 1. The van der Waals surface area contributed by atoms with Crippen LogP contribution in [-0.2, 0) is 20.9 Å². The first-order valence-corrected chi connectivity index (χ1v) is 14.0.